The lowest BCUT2D eigenvalue weighted by atomic mass is 10.1. The van der Waals surface area contributed by atoms with Gasteiger partial charge in [-0.25, -0.2) is 13.1 Å². The molecule has 0 aliphatic rings. The topological polar surface area (TPSA) is 89.3 Å². The molecule has 2 aromatic carbocycles. The second-order valence-corrected chi connectivity index (χ2v) is 7.54. The number of nitro benzene ring substituents is 1. The zero-order chi connectivity index (χ0) is 17.7. The molecule has 2 rings (SSSR count). The van der Waals surface area contributed by atoms with Crippen molar-refractivity contribution in [2.75, 3.05) is 0 Å². The van der Waals surface area contributed by atoms with Crippen LogP contribution in [0.5, 0.6) is 0 Å². The Morgan fingerprint density at radius 3 is 2.50 bits per heavy atom. The molecule has 0 amide bonds. The average molecular weight is 369 g/mol. The predicted molar refractivity (Wildman–Crippen MR) is 92.7 cm³/mol. The van der Waals surface area contributed by atoms with Gasteiger partial charge >= 0.3 is 0 Å². The molecule has 1 N–H and O–H groups in total. The maximum absolute atomic E-state index is 12.4. The summed E-state index contributed by atoms with van der Waals surface area (Å²) in [7, 11) is -3.85. The van der Waals surface area contributed by atoms with Gasteiger partial charge in [0.1, 0.15) is 5.02 Å². The first-order valence-corrected chi connectivity index (χ1v) is 9.16. The fraction of sp³-hybridized carbons (Fsp3) is 0.250. The molecule has 0 bridgehead atoms. The molecular weight excluding hydrogens is 352 g/mol. The highest BCUT2D eigenvalue weighted by Gasteiger charge is 2.22. The molecule has 0 aliphatic carbocycles. The van der Waals surface area contributed by atoms with Crippen LogP contribution in [0.25, 0.3) is 0 Å². The standard InChI is InChI=1S/C16H17ClN2O4S/c1-12(7-8-13-5-3-2-4-6-13)18-24(22,23)14-9-10-15(17)16(11-14)19(20)21/h2-6,9-12,18H,7-8H2,1H3/t12-/m1/s1. The smallest absolute Gasteiger partial charge is 0.258 e. The van der Waals surface area contributed by atoms with E-state index >= 15 is 0 Å². The molecule has 0 aliphatic heterocycles. The van der Waals surface area contributed by atoms with Gasteiger partial charge in [0, 0.05) is 12.1 Å². The Morgan fingerprint density at radius 2 is 1.88 bits per heavy atom. The van der Waals surface area contributed by atoms with Crippen LogP contribution in [0.1, 0.15) is 18.9 Å². The number of nitrogens with one attached hydrogen (secondary N) is 1. The third kappa shape index (κ3) is 4.77. The third-order valence-corrected chi connectivity index (χ3v) is 5.40. The summed E-state index contributed by atoms with van der Waals surface area (Å²) in [6.45, 7) is 1.75. The summed E-state index contributed by atoms with van der Waals surface area (Å²) in [5.41, 5.74) is 0.683. The molecule has 0 aromatic heterocycles. The number of nitro groups is 1. The SMILES string of the molecule is C[C@H](CCc1ccccc1)NS(=O)(=O)c1ccc(Cl)c([N+](=O)[O-])c1. The van der Waals surface area contributed by atoms with Gasteiger partial charge in [-0.05, 0) is 37.5 Å². The molecule has 0 spiro atoms. The lowest BCUT2D eigenvalue weighted by Crippen LogP contribution is -2.33. The zero-order valence-corrected chi connectivity index (χ0v) is 14.5. The number of halogens is 1. The van der Waals surface area contributed by atoms with Gasteiger partial charge in [0.25, 0.3) is 5.69 Å². The molecule has 6 nitrogen and oxygen atoms in total. The van der Waals surface area contributed by atoms with E-state index in [1.54, 1.807) is 6.92 Å². The van der Waals surface area contributed by atoms with E-state index in [9.17, 15) is 18.5 Å². The number of benzene rings is 2. The number of rotatable bonds is 7. The summed E-state index contributed by atoms with van der Waals surface area (Å²) in [5, 5.41) is 10.8. The van der Waals surface area contributed by atoms with Gasteiger partial charge in [0.15, 0.2) is 0 Å². The van der Waals surface area contributed by atoms with E-state index in [1.165, 1.54) is 12.1 Å². The summed E-state index contributed by atoms with van der Waals surface area (Å²) in [4.78, 5) is 10.0. The van der Waals surface area contributed by atoms with Gasteiger partial charge in [-0.15, -0.1) is 0 Å². The van der Waals surface area contributed by atoms with E-state index in [-0.39, 0.29) is 16.0 Å². The molecule has 0 heterocycles. The van der Waals surface area contributed by atoms with Crippen molar-refractivity contribution in [1.29, 1.82) is 0 Å². The molecule has 128 valence electrons. The minimum absolute atomic E-state index is 0.101. The summed E-state index contributed by atoms with van der Waals surface area (Å²) in [6.07, 6.45) is 1.34. The number of aryl methyl sites for hydroxylation is 1. The van der Waals surface area contributed by atoms with Crippen LogP contribution >= 0.6 is 11.6 Å². The first-order valence-electron chi connectivity index (χ1n) is 7.30. The predicted octanol–water partition coefficient (Wildman–Crippen LogP) is 3.55. The Bertz CT molecular complexity index is 825. The minimum Gasteiger partial charge on any atom is -0.258 e. The number of nitrogens with zero attached hydrogens (tertiary/aromatic N) is 1. The van der Waals surface area contributed by atoms with Crippen LogP contribution < -0.4 is 4.72 Å². The van der Waals surface area contributed by atoms with Gasteiger partial charge in [0.2, 0.25) is 10.0 Å². The maximum Gasteiger partial charge on any atom is 0.289 e. The maximum atomic E-state index is 12.4. The molecule has 0 saturated carbocycles. The quantitative estimate of drug-likeness (QED) is 0.597. The second-order valence-electron chi connectivity index (χ2n) is 5.42. The number of hydrogen-bond donors (Lipinski definition) is 1. The summed E-state index contributed by atoms with van der Waals surface area (Å²) >= 11 is 5.71. The van der Waals surface area contributed by atoms with Crippen molar-refractivity contribution in [3.05, 3.63) is 69.2 Å². The van der Waals surface area contributed by atoms with Gasteiger partial charge in [-0.1, -0.05) is 41.9 Å². The van der Waals surface area contributed by atoms with Crippen molar-refractivity contribution in [3.63, 3.8) is 0 Å². The monoisotopic (exact) mass is 368 g/mol. The van der Waals surface area contributed by atoms with Crippen molar-refractivity contribution < 1.29 is 13.3 Å². The third-order valence-electron chi connectivity index (χ3n) is 3.49. The molecule has 24 heavy (non-hydrogen) atoms. The average Bonchev–Trinajstić information content (AvgIpc) is 2.53. The molecule has 0 radical (unpaired) electrons. The second kappa shape index (κ2) is 7.74. The van der Waals surface area contributed by atoms with Crippen molar-refractivity contribution in [2.45, 2.75) is 30.7 Å². The van der Waals surface area contributed by atoms with Crippen molar-refractivity contribution in [3.8, 4) is 0 Å². The van der Waals surface area contributed by atoms with Crippen LogP contribution in [-0.4, -0.2) is 19.4 Å². The van der Waals surface area contributed by atoms with E-state index in [4.69, 9.17) is 11.6 Å². The van der Waals surface area contributed by atoms with Crippen molar-refractivity contribution in [1.82, 2.24) is 4.72 Å². The highest BCUT2D eigenvalue weighted by Crippen LogP contribution is 2.27. The van der Waals surface area contributed by atoms with Crippen LogP contribution in [0.4, 0.5) is 5.69 Å². The number of sulfonamides is 1. The highest BCUT2D eigenvalue weighted by molar-refractivity contribution is 7.89. The summed E-state index contributed by atoms with van der Waals surface area (Å²) in [6, 6.07) is 12.8. The van der Waals surface area contributed by atoms with E-state index in [2.05, 4.69) is 4.72 Å². The molecule has 1 atom stereocenters. The normalized spacial score (nSPS) is 12.8. The lowest BCUT2D eigenvalue weighted by molar-refractivity contribution is -0.384. The van der Waals surface area contributed by atoms with Crippen LogP contribution in [0.3, 0.4) is 0 Å². The van der Waals surface area contributed by atoms with Crippen molar-refractivity contribution in [2.24, 2.45) is 0 Å². The Balaban J connectivity index is 2.07. The summed E-state index contributed by atoms with van der Waals surface area (Å²) < 4.78 is 27.3. The lowest BCUT2D eigenvalue weighted by Gasteiger charge is -2.14. The summed E-state index contributed by atoms with van der Waals surface area (Å²) in [5.74, 6) is 0. The van der Waals surface area contributed by atoms with E-state index < -0.39 is 20.6 Å². The van der Waals surface area contributed by atoms with Gasteiger partial charge in [-0.2, -0.15) is 0 Å². The molecular formula is C16H17ClN2O4S. The fourth-order valence-corrected chi connectivity index (χ4v) is 3.70. The van der Waals surface area contributed by atoms with Gasteiger partial charge < -0.3 is 0 Å². The molecule has 0 saturated heterocycles. The van der Waals surface area contributed by atoms with E-state index in [0.717, 1.165) is 18.1 Å². The molecule has 8 heteroatoms. The minimum atomic E-state index is -3.85. The van der Waals surface area contributed by atoms with Gasteiger partial charge in [-0.3, -0.25) is 10.1 Å². The van der Waals surface area contributed by atoms with E-state index in [1.807, 2.05) is 30.3 Å². The molecule has 2 aromatic rings. The van der Waals surface area contributed by atoms with Crippen LogP contribution in [0, 0.1) is 10.1 Å². The Kier molecular flexibility index (Phi) is 5.93. The number of hydrogen-bond acceptors (Lipinski definition) is 4. The Labute approximate surface area is 145 Å². The molecule has 0 fully saturated rings. The first kappa shape index (κ1) is 18.4. The molecule has 0 unspecified atom stereocenters. The Hall–Kier alpha value is -1.96. The van der Waals surface area contributed by atoms with Crippen LogP contribution in [0.2, 0.25) is 5.02 Å². The zero-order valence-electron chi connectivity index (χ0n) is 13.0. The van der Waals surface area contributed by atoms with Gasteiger partial charge in [0.05, 0.1) is 9.82 Å². The van der Waals surface area contributed by atoms with Crippen molar-refractivity contribution >= 4 is 27.3 Å². The van der Waals surface area contributed by atoms with Crippen LogP contribution in [-0.2, 0) is 16.4 Å². The highest BCUT2D eigenvalue weighted by atomic mass is 35.5. The Morgan fingerprint density at radius 1 is 1.21 bits per heavy atom. The first-order chi connectivity index (χ1) is 11.3. The van der Waals surface area contributed by atoms with E-state index in [0.29, 0.717) is 6.42 Å². The fourth-order valence-electron chi connectivity index (χ4n) is 2.22. The largest absolute Gasteiger partial charge is 0.289 e. The van der Waals surface area contributed by atoms with Crippen LogP contribution in [0.15, 0.2) is 53.4 Å².